The zero-order chi connectivity index (χ0) is 19.8. The van der Waals surface area contributed by atoms with Crippen LogP contribution in [0.3, 0.4) is 0 Å². The van der Waals surface area contributed by atoms with Crippen molar-refractivity contribution in [1.82, 2.24) is 25.4 Å². The lowest BCUT2D eigenvalue weighted by molar-refractivity contribution is 0.409. The summed E-state index contributed by atoms with van der Waals surface area (Å²) in [7, 11) is 1.70. The Hall–Kier alpha value is -1.84. The molecular formula is C21H33IN6O. The molecular weight excluding hydrogens is 479 g/mol. The van der Waals surface area contributed by atoms with Crippen molar-refractivity contribution in [1.29, 1.82) is 0 Å². The van der Waals surface area contributed by atoms with Crippen molar-refractivity contribution in [2.45, 2.75) is 59.0 Å². The Balaban J connectivity index is 0.00000300. The lowest BCUT2D eigenvalue weighted by atomic mass is 10.1. The smallest absolute Gasteiger partial charge is 0.191 e. The summed E-state index contributed by atoms with van der Waals surface area (Å²) in [6.07, 6.45) is 5.60. The molecule has 0 saturated carbocycles. The van der Waals surface area contributed by atoms with Gasteiger partial charge in [-0.25, -0.2) is 4.99 Å². The number of benzene rings is 1. The van der Waals surface area contributed by atoms with E-state index in [4.69, 9.17) is 9.73 Å². The molecule has 7 nitrogen and oxygen atoms in total. The summed E-state index contributed by atoms with van der Waals surface area (Å²) < 4.78 is 7.79. The van der Waals surface area contributed by atoms with E-state index in [9.17, 15) is 0 Å². The molecule has 0 amide bonds. The third-order valence-electron chi connectivity index (χ3n) is 5.02. The van der Waals surface area contributed by atoms with Gasteiger partial charge in [-0.1, -0.05) is 18.6 Å². The average Bonchev–Trinajstić information content (AvgIpc) is 2.93. The van der Waals surface area contributed by atoms with Gasteiger partial charge in [0.2, 0.25) is 0 Å². The maximum Gasteiger partial charge on any atom is 0.191 e. The van der Waals surface area contributed by atoms with Gasteiger partial charge in [0.15, 0.2) is 5.96 Å². The molecule has 0 bridgehead atoms. The first-order valence-corrected chi connectivity index (χ1v) is 10.3. The Morgan fingerprint density at radius 1 is 1.21 bits per heavy atom. The van der Waals surface area contributed by atoms with Crippen LogP contribution in [0, 0.1) is 6.92 Å². The molecule has 160 valence electrons. The van der Waals surface area contributed by atoms with Crippen LogP contribution >= 0.6 is 24.0 Å². The number of methoxy groups -OCH3 is 1. The largest absolute Gasteiger partial charge is 0.496 e. The van der Waals surface area contributed by atoms with E-state index < -0.39 is 0 Å². The van der Waals surface area contributed by atoms with Gasteiger partial charge in [-0.2, -0.15) is 0 Å². The summed E-state index contributed by atoms with van der Waals surface area (Å²) in [5.41, 5.74) is 2.26. The second-order valence-electron chi connectivity index (χ2n) is 7.18. The van der Waals surface area contributed by atoms with Crippen LogP contribution in [0.5, 0.6) is 5.75 Å². The van der Waals surface area contributed by atoms with Crippen LogP contribution in [0.4, 0.5) is 0 Å². The van der Waals surface area contributed by atoms with Gasteiger partial charge < -0.3 is 19.9 Å². The first-order chi connectivity index (χ1) is 13.7. The van der Waals surface area contributed by atoms with Crippen LogP contribution in [-0.2, 0) is 25.9 Å². The van der Waals surface area contributed by atoms with Crippen molar-refractivity contribution < 1.29 is 4.74 Å². The highest BCUT2D eigenvalue weighted by Gasteiger charge is 2.14. The SMILES string of the molecule is CCNC(=NCc1ccc(C)cc1OC)NCCc1nnc2n1CCCCC2.I. The van der Waals surface area contributed by atoms with E-state index in [1.54, 1.807) is 7.11 Å². The predicted octanol–water partition coefficient (Wildman–Crippen LogP) is 3.24. The van der Waals surface area contributed by atoms with Crippen LogP contribution in [0.1, 0.15) is 49.0 Å². The van der Waals surface area contributed by atoms with Gasteiger partial charge in [-0.05, 0) is 38.3 Å². The molecule has 1 aliphatic rings. The second-order valence-corrected chi connectivity index (χ2v) is 7.18. The van der Waals surface area contributed by atoms with Gasteiger partial charge in [0.25, 0.3) is 0 Å². The van der Waals surface area contributed by atoms with Crippen molar-refractivity contribution in [2.24, 2.45) is 4.99 Å². The molecule has 8 heteroatoms. The standard InChI is InChI=1S/C21H32N6O.HI/c1-4-22-21(24-15-17-10-9-16(2)14-18(17)28-3)23-12-11-20-26-25-19-8-6-5-7-13-27(19)20;/h9-10,14H,4-8,11-13,15H2,1-3H3,(H2,22,23,24);1H. The number of aliphatic imine (C=N–C) groups is 1. The highest BCUT2D eigenvalue weighted by atomic mass is 127. The number of rotatable bonds is 7. The van der Waals surface area contributed by atoms with Gasteiger partial charge in [0, 0.05) is 38.0 Å². The van der Waals surface area contributed by atoms with Crippen LogP contribution in [0.2, 0.25) is 0 Å². The lowest BCUT2D eigenvalue weighted by Gasteiger charge is -2.13. The monoisotopic (exact) mass is 512 g/mol. The topological polar surface area (TPSA) is 76.4 Å². The lowest BCUT2D eigenvalue weighted by Crippen LogP contribution is -2.38. The summed E-state index contributed by atoms with van der Waals surface area (Å²) in [5, 5.41) is 15.5. The quantitative estimate of drug-likeness (QED) is 0.339. The fourth-order valence-electron chi connectivity index (χ4n) is 3.51. The van der Waals surface area contributed by atoms with Crippen LogP contribution in [0.25, 0.3) is 0 Å². The molecule has 0 radical (unpaired) electrons. The second kappa shape index (κ2) is 12.0. The minimum atomic E-state index is 0. The van der Waals surface area contributed by atoms with E-state index in [2.05, 4.69) is 51.4 Å². The van der Waals surface area contributed by atoms with Crippen molar-refractivity contribution in [2.75, 3.05) is 20.2 Å². The Kier molecular flexibility index (Phi) is 9.69. The molecule has 0 atom stereocenters. The molecule has 2 N–H and O–H groups in total. The number of aryl methyl sites for hydroxylation is 2. The highest BCUT2D eigenvalue weighted by Crippen LogP contribution is 2.20. The van der Waals surface area contributed by atoms with Crippen molar-refractivity contribution in [3.63, 3.8) is 0 Å². The van der Waals surface area contributed by atoms with Crippen molar-refractivity contribution in [3.8, 4) is 5.75 Å². The van der Waals surface area contributed by atoms with Gasteiger partial charge in [-0.3, -0.25) is 0 Å². The number of guanidine groups is 1. The van der Waals surface area contributed by atoms with Crippen LogP contribution in [-0.4, -0.2) is 40.9 Å². The van der Waals surface area contributed by atoms with E-state index in [0.29, 0.717) is 6.54 Å². The molecule has 29 heavy (non-hydrogen) atoms. The zero-order valence-corrected chi connectivity index (χ0v) is 20.0. The van der Waals surface area contributed by atoms with Crippen molar-refractivity contribution in [3.05, 3.63) is 41.0 Å². The molecule has 2 heterocycles. The molecule has 0 fully saturated rings. The number of fused-ring (bicyclic) bond motifs is 1. The molecule has 2 aromatic rings. The summed E-state index contributed by atoms with van der Waals surface area (Å²) in [6.45, 7) is 7.33. The van der Waals surface area contributed by atoms with Crippen molar-refractivity contribution >= 4 is 29.9 Å². The first kappa shape index (κ1) is 23.4. The van der Waals surface area contributed by atoms with Crippen LogP contribution < -0.4 is 15.4 Å². The molecule has 1 aromatic carbocycles. The Bertz CT molecular complexity index is 804. The predicted molar refractivity (Wildman–Crippen MR) is 127 cm³/mol. The molecule has 0 unspecified atom stereocenters. The normalized spacial score (nSPS) is 13.8. The van der Waals surface area contributed by atoms with Gasteiger partial charge in [-0.15, -0.1) is 34.2 Å². The van der Waals surface area contributed by atoms with Gasteiger partial charge >= 0.3 is 0 Å². The number of aromatic nitrogens is 3. The Morgan fingerprint density at radius 3 is 2.86 bits per heavy atom. The van der Waals surface area contributed by atoms with E-state index in [0.717, 1.165) is 61.4 Å². The van der Waals surface area contributed by atoms with E-state index >= 15 is 0 Å². The fourth-order valence-corrected chi connectivity index (χ4v) is 3.51. The number of ether oxygens (including phenoxy) is 1. The number of nitrogens with one attached hydrogen (secondary N) is 2. The summed E-state index contributed by atoms with van der Waals surface area (Å²) in [6, 6.07) is 6.21. The molecule has 3 rings (SSSR count). The maximum atomic E-state index is 5.48. The molecule has 1 aromatic heterocycles. The minimum absolute atomic E-state index is 0. The van der Waals surface area contributed by atoms with E-state index in [-0.39, 0.29) is 24.0 Å². The number of hydrogen-bond donors (Lipinski definition) is 2. The summed E-state index contributed by atoms with van der Waals surface area (Å²) in [5.74, 6) is 3.89. The third kappa shape index (κ3) is 6.58. The average molecular weight is 512 g/mol. The van der Waals surface area contributed by atoms with E-state index in [1.165, 1.54) is 24.8 Å². The molecule has 0 spiro atoms. The molecule has 1 aliphatic heterocycles. The third-order valence-corrected chi connectivity index (χ3v) is 5.02. The number of hydrogen-bond acceptors (Lipinski definition) is 4. The minimum Gasteiger partial charge on any atom is -0.496 e. The van der Waals surface area contributed by atoms with Crippen LogP contribution in [0.15, 0.2) is 23.2 Å². The highest BCUT2D eigenvalue weighted by molar-refractivity contribution is 14.0. The maximum absolute atomic E-state index is 5.48. The zero-order valence-electron chi connectivity index (χ0n) is 17.7. The first-order valence-electron chi connectivity index (χ1n) is 10.3. The molecule has 0 saturated heterocycles. The Labute approximate surface area is 190 Å². The summed E-state index contributed by atoms with van der Waals surface area (Å²) >= 11 is 0. The Morgan fingerprint density at radius 2 is 2.07 bits per heavy atom. The van der Waals surface area contributed by atoms with E-state index in [1.807, 2.05) is 6.07 Å². The number of halogens is 1. The number of nitrogens with zero attached hydrogens (tertiary/aromatic N) is 4. The van der Waals surface area contributed by atoms with Gasteiger partial charge in [0.1, 0.15) is 17.4 Å². The fraction of sp³-hybridized carbons (Fsp3) is 0.571. The molecule has 0 aliphatic carbocycles. The van der Waals surface area contributed by atoms with Gasteiger partial charge in [0.05, 0.1) is 13.7 Å². The summed E-state index contributed by atoms with van der Waals surface area (Å²) in [4.78, 5) is 4.71.